The number of hydrogen-bond acceptors (Lipinski definition) is 5. The van der Waals surface area contributed by atoms with Gasteiger partial charge in [-0.3, -0.25) is 9.88 Å². The molecule has 4 rings (SSSR count). The predicted octanol–water partition coefficient (Wildman–Crippen LogP) is 5.29. The quantitative estimate of drug-likeness (QED) is 0.685. The topological polar surface area (TPSA) is 73.4 Å². The van der Waals surface area contributed by atoms with Gasteiger partial charge in [0.05, 0.1) is 17.6 Å². The Morgan fingerprint density at radius 2 is 2.00 bits per heavy atom. The van der Waals surface area contributed by atoms with Gasteiger partial charge in [-0.2, -0.15) is 0 Å². The van der Waals surface area contributed by atoms with Crippen molar-refractivity contribution < 1.29 is 4.79 Å². The van der Waals surface area contributed by atoms with Crippen LogP contribution in [0.25, 0.3) is 0 Å². The summed E-state index contributed by atoms with van der Waals surface area (Å²) in [5.74, 6) is 2.32. The molecule has 4 heterocycles. The summed E-state index contributed by atoms with van der Waals surface area (Å²) in [6.07, 6.45) is 7.84. The lowest BCUT2D eigenvalue weighted by Gasteiger charge is -2.33. The zero-order valence-corrected chi connectivity index (χ0v) is 19.3. The summed E-state index contributed by atoms with van der Waals surface area (Å²) >= 11 is 0. The highest BCUT2D eigenvalue weighted by atomic mass is 16.2. The van der Waals surface area contributed by atoms with E-state index in [1.165, 1.54) is 12.8 Å². The molecule has 31 heavy (non-hydrogen) atoms. The summed E-state index contributed by atoms with van der Waals surface area (Å²) < 4.78 is 0. The number of aromatic nitrogens is 2. The molecule has 0 aliphatic carbocycles. The largest absolute Gasteiger partial charge is 0.382 e. The van der Waals surface area contributed by atoms with Crippen molar-refractivity contribution in [3.8, 4) is 0 Å². The number of aryl methyl sites for hydroxylation is 1. The fourth-order valence-electron chi connectivity index (χ4n) is 4.09. The number of urea groups is 1. The molecule has 2 aliphatic rings. The number of pyridine rings is 2. The van der Waals surface area contributed by atoms with Crippen LogP contribution < -0.4 is 20.4 Å². The summed E-state index contributed by atoms with van der Waals surface area (Å²) in [5.41, 5.74) is 2.63. The van der Waals surface area contributed by atoms with Gasteiger partial charge in [-0.25, -0.2) is 9.78 Å². The van der Waals surface area contributed by atoms with E-state index in [-0.39, 0.29) is 6.03 Å². The molecule has 0 saturated carbocycles. The van der Waals surface area contributed by atoms with E-state index in [0.29, 0.717) is 24.0 Å². The lowest BCUT2D eigenvalue weighted by molar-refractivity contribution is 0.256. The predicted molar refractivity (Wildman–Crippen MR) is 129 cm³/mol. The number of piperidine rings is 1. The van der Waals surface area contributed by atoms with Crippen molar-refractivity contribution in [1.82, 2.24) is 9.97 Å². The smallest absolute Gasteiger partial charge is 0.327 e. The molecule has 2 N–H and O–H groups in total. The highest BCUT2D eigenvalue weighted by Crippen LogP contribution is 2.31. The van der Waals surface area contributed by atoms with Crippen LogP contribution in [0.15, 0.2) is 30.6 Å². The molecule has 2 aromatic heterocycles. The minimum atomic E-state index is -0.168. The van der Waals surface area contributed by atoms with Crippen molar-refractivity contribution in [3.63, 3.8) is 0 Å². The van der Waals surface area contributed by atoms with E-state index in [0.717, 1.165) is 49.5 Å². The number of nitrogens with one attached hydrogen (secondary N) is 2. The number of fused-ring (bicyclic) bond motifs is 1. The molecule has 2 aliphatic heterocycles. The SMILES string of the molecule is CC.Cc1cncc(NC(=O)N2CCCCNc3ccc(N4CCCC(C)C4)nc32)c1. The van der Waals surface area contributed by atoms with Gasteiger partial charge >= 0.3 is 6.03 Å². The Morgan fingerprint density at radius 3 is 2.77 bits per heavy atom. The average molecular weight is 425 g/mol. The fraction of sp³-hybridized carbons (Fsp3) is 0.542. The Morgan fingerprint density at radius 1 is 1.16 bits per heavy atom. The summed E-state index contributed by atoms with van der Waals surface area (Å²) in [6, 6.07) is 5.90. The van der Waals surface area contributed by atoms with Gasteiger partial charge in [-0.05, 0) is 62.3 Å². The number of anilines is 4. The lowest BCUT2D eigenvalue weighted by atomic mass is 10.0. The molecule has 2 amide bonds. The molecular weight excluding hydrogens is 388 g/mol. The van der Waals surface area contributed by atoms with Gasteiger partial charge in [0.25, 0.3) is 0 Å². The maximum atomic E-state index is 13.2. The standard InChI is InChI=1S/C22H30N6O.C2H6/c1-16-6-5-10-27(15-16)20-8-7-19-21(26-20)28(11-4-3-9-24-19)22(29)25-18-12-17(2)13-23-14-18;1-2/h7-8,12-14,16,24H,3-6,9-11,15H2,1-2H3,(H,25,29);1-2H3. The molecule has 2 aromatic rings. The van der Waals surface area contributed by atoms with Gasteiger partial charge in [0.1, 0.15) is 5.82 Å². The van der Waals surface area contributed by atoms with Crippen molar-refractivity contribution in [3.05, 3.63) is 36.2 Å². The van der Waals surface area contributed by atoms with Gasteiger partial charge in [0, 0.05) is 32.4 Å². The van der Waals surface area contributed by atoms with Gasteiger partial charge in [0.15, 0.2) is 5.82 Å². The normalized spacial score (nSPS) is 18.5. The van der Waals surface area contributed by atoms with Crippen molar-refractivity contribution in [2.75, 3.05) is 46.6 Å². The molecule has 7 nitrogen and oxygen atoms in total. The Hall–Kier alpha value is -2.83. The number of hydrogen-bond donors (Lipinski definition) is 2. The molecule has 7 heteroatoms. The van der Waals surface area contributed by atoms with E-state index in [1.807, 2.05) is 26.8 Å². The molecule has 0 radical (unpaired) electrons. The third-order valence-electron chi connectivity index (χ3n) is 5.59. The van der Waals surface area contributed by atoms with Crippen LogP contribution in [-0.4, -0.2) is 42.2 Å². The third-order valence-corrected chi connectivity index (χ3v) is 5.59. The number of carbonyl (C=O) groups excluding carboxylic acids is 1. The Kier molecular flexibility index (Phi) is 8.09. The van der Waals surface area contributed by atoms with Gasteiger partial charge in [-0.1, -0.05) is 20.8 Å². The van der Waals surface area contributed by atoms with E-state index in [9.17, 15) is 4.79 Å². The first-order chi connectivity index (χ1) is 15.1. The molecule has 1 saturated heterocycles. The summed E-state index contributed by atoms with van der Waals surface area (Å²) in [7, 11) is 0. The Balaban J connectivity index is 0.00000132. The second-order valence-electron chi connectivity index (χ2n) is 8.20. The van der Waals surface area contributed by atoms with E-state index in [4.69, 9.17) is 4.98 Å². The van der Waals surface area contributed by atoms with Crippen LogP contribution in [0.1, 0.15) is 52.0 Å². The van der Waals surface area contributed by atoms with E-state index in [1.54, 1.807) is 17.3 Å². The van der Waals surface area contributed by atoms with Crippen LogP contribution in [0.4, 0.5) is 27.8 Å². The molecular formula is C24H36N6O. The van der Waals surface area contributed by atoms with Crippen molar-refractivity contribution in [2.45, 2.75) is 53.4 Å². The zero-order valence-electron chi connectivity index (χ0n) is 19.3. The number of rotatable bonds is 2. The Labute approximate surface area is 186 Å². The molecule has 1 fully saturated rings. The van der Waals surface area contributed by atoms with Crippen molar-refractivity contribution in [1.29, 1.82) is 0 Å². The van der Waals surface area contributed by atoms with Crippen LogP contribution >= 0.6 is 0 Å². The minimum Gasteiger partial charge on any atom is -0.382 e. The van der Waals surface area contributed by atoms with Gasteiger partial charge in [-0.15, -0.1) is 0 Å². The van der Waals surface area contributed by atoms with E-state index >= 15 is 0 Å². The highest BCUT2D eigenvalue weighted by molar-refractivity contribution is 6.03. The number of carbonyl (C=O) groups is 1. The fourth-order valence-corrected chi connectivity index (χ4v) is 4.09. The van der Waals surface area contributed by atoms with Crippen LogP contribution in [0, 0.1) is 12.8 Å². The van der Waals surface area contributed by atoms with Crippen molar-refractivity contribution in [2.24, 2.45) is 5.92 Å². The molecule has 168 valence electrons. The highest BCUT2D eigenvalue weighted by Gasteiger charge is 2.25. The molecule has 0 spiro atoms. The Bertz CT molecular complexity index is 871. The first-order valence-corrected chi connectivity index (χ1v) is 11.6. The maximum Gasteiger partial charge on any atom is 0.327 e. The van der Waals surface area contributed by atoms with Gasteiger partial charge < -0.3 is 15.5 Å². The molecule has 0 bridgehead atoms. The van der Waals surface area contributed by atoms with Crippen LogP contribution in [0.5, 0.6) is 0 Å². The summed E-state index contributed by atoms with van der Waals surface area (Å²) in [5, 5.41) is 6.44. The number of amides is 2. The maximum absolute atomic E-state index is 13.2. The van der Waals surface area contributed by atoms with Crippen LogP contribution in [0.3, 0.4) is 0 Å². The average Bonchev–Trinajstić information content (AvgIpc) is 2.75. The molecule has 1 unspecified atom stereocenters. The molecule has 0 aromatic carbocycles. The van der Waals surface area contributed by atoms with Crippen LogP contribution in [-0.2, 0) is 0 Å². The van der Waals surface area contributed by atoms with Crippen molar-refractivity contribution >= 4 is 29.0 Å². The zero-order chi connectivity index (χ0) is 22.2. The minimum absolute atomic E-state index is 0.168. The summed E-state index contributed by atoms with van der Waals surface area (Å²) in [4.78, 5) is 26.4. The second kappa shape index (κ2) is 11.0. The van der Waals surface area contributed by atoms with Gasteiger partial charge in [0.2, 0.25) is 0 Å². The van der Waals surface area contributed by atoms with Crippen LogP contribution in [0.2, 0.25) is 0 Å². The second-order valence-corrected chi connectivity index (χ2v) is 8.20. The molecule has 1 atom stereocenters. The van der Waals surface area contributed by atoms with E-state index < -0.39 is 0 Å². The van der Waals surface area contributed by atoms with E-state index in [2.05, 4.69) is 39.6 Å². The first-order valence-electron chi connectivity index (χ1n) is 11.6. The third kappa shape index (κ3) is 5.87. The monoisotopic (exact) mass is 424 g/mol. The summed E-state index contributed by atoms with van der Waals surface area (Å²) in [6.45, 7) is 11.8. The lowest BCUT2D eigenvalue weighted by Crippen LogP contribution is -2.39. The number of nitrogens with zero attached hydrogens (tertiary/aromatic N) is 4. The first kappa shape index (κ1) is 22.8.